The number of hydrogen-bond acceptors (Lipinski definition) is 1. The largest absolute Gasteiger partial charge is 0.418 e. The van der Waals surface area contributed by atoms with Crippen LogP contribution in [-0.2, 0) is 6.18 Å². The number of para-hydroxylation sites is 1. The Hall–Kier alpha value is -1.52. The maximum absolute atomic E-state index is 12.7. The minimum absolute atomic E-state index is 0.0949. The molecule has 1 aromatic carbocycles. The lowest BCUT2D eigenvalue weighted by Crippen LogP contribution is -2.26. The van der Waals surface area contributed by atoms with Gasteiger partial charge in [0.05, 0.1) is 11.3 Å². The summed E-state index contributed by atoms with van der Waals surface area (Å²) in [4.78, 5) is 1.43. The molecule has 16 heavy (non-hydrogen) atoms. The summed E-state index contributed by atoms with van der Waals surface area (Å²) in [6.07, 6.45) is -3.07. The van der Waals surface area contributed by atoms with E-state index in [0.717, 1.165) is 12.5 Å². The maximum atomic E-state index is 12.7. The van der Waals surface area contributed by atoms with Crippen LogP contribution < -0.4 is 4.90 Å². The lowest BCUT2D eigenvalue weighted by molar-refractivity contribution is -0.137. The third kappa shape index (κ3) is 1.89. The summed E-state index contributed by atoms with van der Waals surface area (Å²) < 4.78 is 38.2. The van der Waals surface area contributed by atoms with Crippen molar-refractivity contribution in [3.8, 4) is 0 Å². The first-order valence-electron chi connectivity index (χ1n) is 5.01. The zero-order chi connectivity index (χ0) is 11.8. The van der Waals surface area contributed by atoms with Crippen LogP contribution in [0.15, 0.2) is 24.3 Å². The first-order chi connectivity index (χ1) is 7.50. The van der Waals surface area contributed by atoms with Crippen molar-refractivity contribution in [1.29, 1.82) is 5.41 Å². The first kappa shape index (κ1) is 11.0. The zero-order valence-corrected chi connectivity index (χ0v) is 8.51. The van der Waals surface area contributed by atoms with Gasteiger partial charge in [-0.05, 0) is 18.6 Å². The Balaban J connectivity index is 2.44. The smallest absolute Gasteiger partial charge is 0.330 e. The minimum Gasteiger partial charge on any atom is -0.330 e. The lowest BCUT2D eigenvalue weighted by Gasteiger charge is -2.22. The van der Waals surface area contributed by atoms with Gasteiger partial charge in [-0.2, -0.15) is 13.2 Å². The van der Waals surface area contributed by atoms with Gasteiger partial charge in [0.1, 0.15) is 5.84 Å². The molecule has 0 unspecified atom stereocenters. The predicted molar refractivity (Wildman–Crippen MR) is 55.8 cm³/mol. The van der Waals surface area contributed by atoms with E-state index in [9.17, 15) is 13.2 Å². The van der Waals surface area contributed by atoms with E-state index in [1.807, 2.05) is 0 Å². The Bertz CT molecular complexity index is 412. The van der Waals surface area contributed by atoms with Crippen LogP contribution in [0.1, 0.15) is 18.4 Å². The van der Waals surface area contributed by atoms with Crippen molar-refractivity contribution in [3.05, 3.63) is 29.8 Å². The summed E-state index contributed by atoms with van der Waals surface area (Å²) in [5.74, 6) is 0.261. The van der Waals surface area contributed by atoms with Crippen LogP contribution in [0.2, 0.25) is 0 Å². The Kier molecular flexibility index (Phi) is 2.61. The van der Waals surface area contributed by atoms with Crippen molar-refractivity contribution in [2.45, 2.75) is 19.0 Å². The van der Waals surface area contributed by atoms with Gasteiger partial charge in [0.15, 0.2) is 0 Å². The average molecular weight is 228 g/mol. The van der Waals surface area contributed by atoms with E-state index in [4.69, 9.17) is 5.41 Å². The Labute approximate surface area is 91.2 Å². The molecule has 0 aromatic heterocycles. The highest BCUT2D eigenvalue weighted by Crippen LogP contribution is 2.37. The highest BCUT2D eigenvalue weighted by molar-refractivity contribution is 5.98. The van der Waals surface area contributed by atoms with Gasteiger partial charge in [0.2, 0.25) is 0 Å². The summed E-state index contributed by atoms with van der Waals surface area (Å²) >= 11 is 0. The maximum Gasteiger partial charge on any atom is 0.418 e. The minimum atomic E-state index is -4.36. The van der Waals surface area contributed by atoms with Crippen LogP contribution in [0.4, 0.5) is 18.9 Å². The highest BCUT2D eigenvalue weighted by Gasteiger charge is 2.35. The van der Waals surface area contributed by atoms with Crippen molar-refractivity contribution in [3.63, 3.8) is 0 Å². The number of hydrogen-bond donors (Lipinski definition) is 1. The van der Waals surface area contributed by atoms with E-state index < -0.39 is 11.7 Å². The van der Waals surface area contributed by atoms with Crippen molar-refractivity contribution < 1.29 is 13.2 Å². The third-order valence-corrected chi connectivity index (χ3v) is 2.62. The summed E-state index contributed by atoms with van der Waals surface area (Å²) in [6.45, 7) is 0.492. The van der Waals surface area contributed by atoms with Gasteiger partial charge in [-0.25, -0.2) is 0 Å². The van der Waals surface area contributed by atoms with Crippen molar-refractivity contribution in [2.24, 2.45) is 0 Å². The van der Waals surface area contributed by atoms with Crippen molar-refractivity contribution >= 4 is 11.5 Å². The number of alkyl halides is 3. The topological polar surface area (TPSA) is 27.1 Å². The van der Waals surface area contributed by atoms with Gasteiger partial charge >= 0.3 is 6.18 Å². The molecule has 0 amide bonds. The fraction of sp³-hybridized carbons (Fsp3) is 0.364. The molecule has 1 heterocycles. The second-order valence-corrected chi connectivity index (χ2v) is 3.72. The molecule has 2 nitrogen and oxygen atoms in total. The van der Waals surface area contributed by atoms with Crippen molar-refractivity contribution in [2.75, 3.05) is 11.4 Å². The molecule has 1 saturated heterocycles. The highest BCUT2D eigenvalue weighted by atomic mass is 19.4. The van der Waals surface area contributed by atoms with E-state index in [0.29, 0.717) is 13.0 Å². The zero-order valence-electron chi connectivity index (χ0n) is 8.51. The van der Waals surface area contributed by atoms with Gasteiger partial charge < -0.3 is 4.90 Å². The molecule has 0 bridgehead atoms. The van der Waals surface area contributed by atoms with Crippen LogP contribution in [0.3, 0.4) is 0 Å². The average Bonchev–Trinajstić information content (AvgIpc) is 2.63. The second-order valence-electron chi connectivity index (χ2n) is 3.72. The summed E-state index contributed by atoms with van der Waals surface area (Å²) in [5.41, 5.74) is -0.570. The fourth-order valence-corrected chi connectivity index (χ4v) is 1.89. The Morgan fingerprint density at radius 1 is 1.19 bits per heavy atom. The number of halogens is 3. The van der Waals surface area contributed by atoms with Crippen molar-refractivity contribution in [1.82, 2.24) is 0 Å². The molecule has 0 saturated carbocycles. The summed E-state index contributed by atoms with van der Waals surface area (Å²) in [7, 11) is 0. The van der Waals surface area contributed by atoms with E-state index in [1.54, 1.807) is 6.07 Å². The molecule has 86 valence electrons. The predicted octanol–water partition coefficient (Wildman–Crippen LogP) is 3.28. The van der Waals surface area contributed by atoms with Gasteiger partial charge in [0.25, 0.3) is 0 Å². The SMILES string of the molecule is N=C1CCCN1c1ccccc1C(F)(F)F. The van der Waals surface area contributed by atoms with E-state index >= 15 is 0 Å². The molecule has 0 spiro atoms. The number of amidine groups is 1. The van der Waals surface area contributed by atoms with Crippen LogP contribution >= 0.6 is 0 Å². The monoisotopic (exact) mass is 228 g/mol. The van der Waals surface area contributed by atoms with E-state index in [1.165, 1.54) is 17.0 Å². The van der Waals surface area contributed by atoms with Crippen LogP contribution in [-0.4, -0.2) is 12.4 Å². The van der Waals surface area contributed by atoms with Gasteiger partial charge in [-0.1, -0.05) is 12.1 Å². The Morgan fingerprint density at radius 3 is 2.44 bits per heavy atom. The van der Waals surface area contributed by atoms with Gasteiger partial charge in [0, 0.05) is 13.0 Å². The molecule has 0 atom stereocenters. The molecule has 0 radical (unpaired) electrons. The molecule has 2 rings (SSSR count). The fourth-order valence-electron chi connectivity index (χ4n) is 1.89. The standard InChI is InChI=1S/C11H11F3N2/c12-11(13,14)8-4-1-2-5-9(8)16-7-3-6-10(16)15/h1-2,4-5,15H,3,6-7H2. The lowest BCUT2D eigenvalue weighted by atomic mass is 10.1. The van der Waals surface area contributed by atoms with E-state index in [2.05, 4.69) is 0 Å². The summed E-state index contributed by atoms with van der Waals surface area (Å²) in [5, 5.41) is 7.60. The molecule has 0 aliphatic carbocycles. The first-order valence-corrected chi connectivity index (χ1v) is 5.01. The molecule has 5 heteroatoms. The van der Waals surface area contributed by atoms with Crippen LogP contribution in [0, 0.1) is 5.41 Å². The van der Waals surface area contributed by atoms with E-state index in [-0.39, 0.29) is 11.5 Å². The van der Waals surface area contributed by atoms with Gasteiger partial charge in [-0.3, -0.25) is 5.41 Å². The normalized spacial score (nSPS) is 16.9. The Morgan fingerprint density at radius 2 is 1.88 bits per heavy atom. The van der Waals surface area contributed by atoms with Gasteiger partial charge in [-0.15, -0.1) is 0 Å². The molecule has 1 aliphatic heterocycles. The molecular weight excluding hydrogens is 217 g/mol. The number of anilines is 1. The number of nitrogens with one attached hydrogen (secondary N) is 1. The number of nitrogens with zero attached hydrogens (tertiary/aromatic N) is 1. The number of rotatable bonds is 1. The molecule has 1 fully saturated rings. The molecule has 1 N–H and O–H groups in total. The second kappa shape index (κ2) is 3.81. The quantitative estimate of drug-likeness (QED) is 0.784. The van der Waals surface area contributed by atoms with Crippen LogP contribution in [0.25, 0.3) is 0 Å². The van der Waals surface area contributed by atoms with Crippen LogP contribution in [0.5, 0.6) is 0 Å². The molecule has 1 aliphatic rings. The summed E-state index contributed by atoms with van der Waals surface area (Å²) in [6, 6.07) is 5.41. The third-order valence-electron chi connectivity index (χ3n) is 2.62. The molecule has 1 aromatic rings. The molecular formula is C11H11F3N2. The number of benzene rings is 1.